The van der Waals surface area contributed by atoms with E-state index in [0.29, 0.717) is 30.2 Å². The molecule has 1 saturated carbocycles. The maximum Gasteiger partial charge on any atom is 0.243 e. The summed E-state index contributed by atoms with van der Waals surface area (Å²) in [6.07, 6.45) is 6.07. The molecule has 0 spiro atoms. The minimum atomic E-state index is -3.63. The predicted molar refractivity (Wildman–Crippen MR) is 157 cm³/mol. The summed E-state index contributed by atoms with van der Waals surface area (Å²) >= 11 is 0. The number of para-hydroxylation sites is 2. The van der Waals surface area contributed by atoms with E-state index in [1.165, 1.54) is 4.31 Å². The molecule has 0 radical (unpaired) electrons. The Hall–Kier alpha value is -3.27. The molecule has 0 saturated heterocycles. The van der Waals surface area contributed by atoms with Crippen molar-refractivity contribution in [3.05, 3.63) is 54.1 Å². The average Bonchev–Trinajstić information content (AvgIpc) is 3.44. The lowest BCUT2D eigenvalue weighted by Gasteiger charge is -2.32. The maximum absolute atomic E-state index is 13.7. The Balaban J connectivity index is 1.79. The van der Waals surface area contributed by atoms with Crippen LogP contribution in [0.5, 0.6) is 11.5 Å². The van der Waals surface area contributed by atoms with Crippen molar-refractivity contribution >= 4 is 27.5 Å². The lowest BCUT2D eigenvalue weighted by molar-refractivity contribution is -0.141. The third kappa shape index (κ3) is 8.61. The minimum absolute atomic E-state index is 0.0833. The lowest BCUT2D eigenvalue weighted by Crippen LogP contribution is -2.51. The van der Waals surface area contributed by atoms with Crippen molar-refractivity contribution in [3.8, 4) is 11.5 Å². The number of hydrogen-bond acceptors (Lipinski definition) is 6. The van der Waals surface area contributed by atoms with Crippen LogP contribution < -0.4 is 19.1 Å². The van der Waals surface area contributed by atoms with Gasteiger partial charge in [-0.25, -0.2) is 8.42 Å². The van der Waals surface area contributed by atoms with Gasteiger partial charge in [-0.2, -0.15) is 0 Å². The molecule has 2 amide bonds. The van der Waals surface area contributed by atoms with Crippen molar-refractivity contribution in [1.29, 1.82) is 0 Å². The second kappa shape index (κ2) is 14.9. The van der Waals surface area contributed by atoms with Gasteiger partial charge in [0.05, 0.1) is 25.7 Å². The number of amides is 2. The number of nitrogens with zero attached hydrogens (tertiary/aromatic N) is 2. The monoisotopic (exact) mass is 573 g/mol. The largest absolute Gasteiger partial charge is 0.497 e. The molecule has 1 aliphatic rings. The quantitative estimate of drug-likeness (QED) is 0.336. The summed E-state index contributed by atoms with van der Waals surface area (Å²) in [4.78, 5) is 28.7. The molecule has 9 nitrogen and oxygen atoms in total. The van der Waals surface area contributed by atoms with E-state index in [9.17, 15) is 18.0 Å². The molecule has 0 heterocycles. The van der Waals surface area contributed by atoms with Crippen LogP contribution in [0.25, 0.3) is 0 Å². The fourth-order valence-electron chi connectivity index (χ4n) is 5.18. The van der Waals surface area contributed by atoms with E-state index in [2.05, 4.69) is 5.32 Å². The van der Waals surface area contributed by atoms with Crippen LogP contribution >= 0.6 is 0 Å². The van der Waals surface area contributed by atoms with Gasteiger partial charge in [0.15, 0.2) is 0 Å². The van der Waals surface area contributed by atoms with E-state index in [-0.39, 0.29) is 43.8 Å². The third-order valence-electron chi connectivity index (χ3n) is 7.16. The molecule has 0 bridgehead atoms. The van der Waals surface area contributed by atoms with E-state index in [1.54, 1.807) is 36.3 Å². The number of carbonyl (C=O) groups is 2. The third-order valence-corrected chi connectivity index (χ3v) is 8.34. The first kappa shape index (κ1) is 31.3. The fourth-order valence-corrected chi connectivity index (χ4v) is 6.15. The van der Waals surface area contributed by atoms with Crippen molar-refractivity contribution < 1.29 is 27.5 Å². The summed E-state index contributed by atoms with van der Waals surface area (Å²) in [5, 5.41) is 3.15. The number of hydrogen-bond donors (Lipinski definition) is 1. The SMILES string of the molecule is CCOc1ccccc1N(CCCC(=O)N(Cc1cccc(OC)c1)[C@@H](CC)C(=O)NC1CCCC1)S(C)(=O)=O. The first-order chi connectivity index (χ1) is 19.2. The molecular formula is C30H43N3O6S. The van der Waals surface area contributed by atoms with Crippen molar-refractivity contribution in [2.24, 2.45) is 0 Å². The van der Waals surface area contributed by atoms with Crippen LogP contribution in [0.2, 0.25) is 0 Å². The fraction of sp³-hybridized carbons (Fsp3) is 0.533. The van der Waals surface area contributed by atoms with Crippen molar-refractivity contribution in [2.75, 3.05) is 30.8 Å². The van der Waals surface area contributed by atoms with Crippen LogP contribution in [0, 0.1) is 0 Å². The molecule has 0 aliphatic heterocycles. The maximum atomic E-state index is 13.7. The van der Waals surface area contributed by atoms with Gasteiger partial charge in [0.2, 0.25) is 21.8 Å². The summed E-state index contributed by atoms with van der Waals surface area (Å²) in [6, 6.07) is 13.9. The standard InChI is InChI=1S/C30H43N3O6S/c1-5-26(30(35)31-24-14-7-8-15-24)32(22-23-13-11-16-25(21-23)38-3)29(34)19-12-20-33(40(4,36)37)27-17-9-10-18-28(27)39-6-2/h9-11,13,16-18,21,24,26H,5-8,12,14-15,19-20,22H2,1-4H3,(H,31,35)/t26-/m0/s1. The van der Waals surface area contributed by atoms with E-state index in [4.69, 9.17) is 9.47 Å². The zero-order chi connectivity index (χ0) is 29.1. The molecule has 40 heavy (non-hydrogen) atoms. The van der Waals surface area contributed by atoms with Gasteiger partial charge in [-0.1, -0.05) is 44.0 Å². The molecule has 1 atom stereocenters. The Morgan fingerprint density at radius 2 is 1.80 bits per heavy atom. The molecule has 1 fully saturated rings. The van der Waals surface area contributed by atoms with Gasteiger partial charge in [-0.05, 0) is 62.4 Å². The summed E-state index contributed by atoms with van der Waals surface area (Å²) in [6.45, 7) is 4.49. The van der Waals surface area contributed by atoms with Crippen molar-refractivity contribution in [1.82, 2.24) is 10.2 Å². The molecular weight excluding hydrogens is 530 g/mol. The van der Waals surface area contributed by atoms with Gasteiger partial charge in [0.1, 0.15) is 17.5 Å². The number of sulfonamides is 1. The first-order valence-corrected chi connectivity index (χ1v) is 15.9. The van der Waals surface area contributed by atoms with Crippen LogP contribution in [0.1, 0.15) is 64.4 Å². The van der Waals surface area contributed by atoms with Gasteiger partial charge in [0.25, 0.3) is 0 Å². The molecule has 220 valence electrons. The van der Waals surface area contributed by atoms with Gasteiger partial charge in [-0.3, -0.25) is 13.9 Å². The second-order valence-electron chi connectivity index (χ2n) is 10.1. The molecule has 2 aromatic rings. The van der Waals surface area contributed by atoms with Crippen LogP contribution in [0.15, 0.2) is 48.5 Å². The van der Waals surface area contributed by atoms with Crippen molar-refractivity contribution in [2.45, 2.75) is 77.4 Å². The molecule has 10 heteroatoms. The zero-order valence-corrected chi connectivity index (χ0v) is 24.9. The Kier molecular flexibility index (Phi) is 11.7. The number of nitrogens with one attached hydrogen (secondary N) is 1. The molecule has 0 unspecified atom stereocenters. The molecule has 1 aliphatic carbocycles. The van der Waals surface area contributed by atoms with Crippen LogP contribution in [-0.4, -0.2) is 63.7 Å². The van der Waals surface area contributed by atoms with Crippen LogP contribution in [0.4, 0.5) is 5.69 Å². The van der Waals surface area contributed by atoms with Crippen LogP contribution in [0.3, 0.4) is 0 Å². The highest BCUT2D eigenvalue weighted by atomic mass is 32.2. The van der Waals surface area contributed by atoms with E-state index in [0.717, 1.165) is 37.5 Å². The molecule has 1 N–H and O–H groups in total. The van der Waals surface area contributed by atoms with Gasteiger partial charge in [-0.15, -0.1) is 0 Å². The second-order valence-corrected chi connectivity index (χ2v) is 12.0. The summed E-state index contributed by atoms with van der Waals surface area (Å²) in [7, 11) is -2.04. The zero-order valence-electron chi connectivity index (χ0n) is 24.1. The summed E-state index contributed by atoms with van der Waals surface area (Å²) in [5.74, 6) is 0.790. The highest BCUT2D eigenvalue weighted by Crippen LogP contribution is 2.30. The van der Waals surface area contributed by atoms with Crippen LogP contribution in [-0.2, 0) is 26.2 Å². The minimum Gasteiger partial charge on any atom is -0.497 e. The average molecular weight is 574 g/mol. The highest BCUT2D eigenvalue weighted by Gasteiger charge is 2.31. The molecule has 2 aromatic carbocycles. The van der Waals surface area contributed by atoms with E-state index >= 15 is 0 Å². The number of carbonyl (C=O) groups excluding carboxylic acids is 2. The molecule has 3 rings (SSSR count). The predicted octanol–water partition coefficient (Wildman–Crippen LogP) is 4.51. The Bertz CT molecular complexity index is 1230. The first-order valence-electron chi connectivity index (χ1n) is 14.1. The number of ether oxygens (including phenoxy) is 2. The van der Waals surface area contributed by atoms with E-state index in [1.807, 2.05) is 38.1 Å². The summed E-state index contributed by atoms with van der Waals surface area (Å²) < 4.78 is 37.7. The topological polar surface area (TPSA) is 105 Å². The van der Waals surface area contributed by atoms with E-state index < -0.39 is 16.1 Å². The number of anilines is 1. The van der Waals surface area contributed by atoms with Crippen molar-refractivity contribution in [3.63, 3.8) is 0 Å². The Labute approximate surface area is 238 Å². The van der Waals surface area contributed by atoms with Gasteiger partial charge >= 0.3 is 0 Å². The lowest BCUT2D eigenvalue weighted by atomic mass is 10.1. The number of benzene rings is 2. The highest BCUT2D eigenvalue weighted by molar-refractivity contribution is 7.92. The Morgan fingerprint density at radius 3 is 2.45 bits per heavy atom. The summed E-state index contributed by atoms with van der Waals surface area (Å²) in [5.41, 5.74) is 1.29. The Morgan fingerprint density at radius 1 is 1.07 bits per heavy atom. The van der Waals surface area contributed by atoms with Gasteiger partial charge in [0, 0.05) is 25.6 Å². The molecule has 0 aromatic heterocycles. The number of rotatable bonds is 15. The number of methoxy groups -OCH3 is 1. The smallest absolute Gasteiger partial charge is 0.243 e. The van der Waals surface area contributed by atoms with Gasteiger partial charge < -0.3 is 19.7 Å². The normalized spacial score (nSPS) is 14.4.